The molecule has 0 saturated heterocycles. The lowest BCUT2D eigenvalue weighted by atomic mass is 9.93. The van der Waals surface area contributed by atoms with Crippen LogP contribution < -0.4 is 0 Å². The van der Waals surface area contributed by atoms with Crippen molar-refractivity contribution in [3.05, 3.63) is 94.5 Å². The van der Waals surface area contributed by atoms with E-state index >= 15 is 0 Å². The fourth-order valence-electron chi connectivity index (χ4n) is 2.83. The summed E-state index contributed by atoms with van der Waals surface area (Å²) in [7, 11) is 0. The van der Waals surface area contributed by atoms with Crippen LogP contribution in [0.25, 0.3) is 11.1 Å². The monoisotopic (exact) mass is 405 g/mol. The predicted octanol–water partition coefficient (Wildman–Crippen LogP) is 7.39. The van der Waals surface area contributed by atoms with E-state index in [2.05, 4.69) is 78.0 Å². The second-order valence-electron chi connectivity index (χ2n) is 6.15. The number of hydrogen-bond acceptors (Lipinski definition) is 1. The predicted molar refractivity (Wildman–Crippen MR) is 115 cm³/mol. The zero-order valence-corrected chi connectivity index (χ0v) is 16.8. The van der Waals surface area contributed by atoms with Gasteiger partial charge in [-0.1, -0.05) is 83.9 Å². The number of benzene rings is 2. The van der Waals surface area contributed by atoms with Gasteiger partial charge in [0.2, 0.25) is 0 Å². The first-order chi connectivity index (χ1) is 12.7. The molecule has 2 aromatic rings. The van der Waals surface area contributed by atoms with Crippen molar-refractivity contribution in [3.8, 4) is 17.2 Å². The number of aryl methyl sites for hydroxylation is 1. The van der Waals surface area contributed by atoms with Crippen LogP contribution in [0.2, 0.25) is 0 Å². The highest BCUT2D eigenvalue weighted by Gasteiger charge is 2.08. The summed E-state index contributed by atoms with van der Waals surface area (Å²) in [6.45, 7) is 5.95. The number of nitrogens with zero attached hydrogens (tertiary/aromatic N) is 1. The van der Waals surface area contributed by atoms with Crippen LogP contribution in [0, 0.1) is 11.3 Å². The van der Waals surface area contributed by atoms with Crippen molar-refractivity contribution in [2.45, 2.75) is 32.6 Å². The Bertz CT molecular complexity index is 836. The van der Waals surface area contributed by atoms with E-state index in [9.17, 15) is 5.26 Å². The minimum atomic E-state index is 0.710. The Hall–Kier alpha value is -2.37. The number of rotatable bonds is 8. The summed E-state index contributed by atoms with van der Waals surface area (Å²) in [5.41, 5.74) is 5.60. The molecule has 0 aromatic heterocycles. The third-order valence-electron chi connectivity index (χ3n) is 4.21. The number of halogens is 1. The Labute approximate surface area is 165 Å². The number of nitriles is 1. The Morgan fingerprint density at radius 2 is 1.96 bits per heavy atom. The molecule has 2 rings (SSSR count). The maximum atomic E-state index is 9.28. The van der Waals surface area contributed by atoms with E-state index in [4.69, 9.17) is 0 Å². The molecule has 0 unspecified atom stereocenters. The van der Waals surface area contributed by atoms with Gasteiger partial charge in [-0.05, 0) is 60.2 Å². The Kier molecular flexibility index (Phi) is 8.12. The fraction of sp³-hybridized carbons (Fsp3) is 0.208. The van der Waals surface area contributed by atoms with E-state index in [1.54, 1.807) is 0 Å². The van der Waals surface area contributed by atoms with Crippen LogP contribution in [-0.4, -0.2) is 0 Å². The highest BCUT2D eigenvalue weighted by Crippen LogP contribution is 2.28. The van der Waals surface area contributed by atoms with Gasteiger partial charge in [-0.15, -0.1) is 0 Å². The van der Waals surface area contributed by atoms with Gasteiger partial charge in [0, 0.05) is 4.47 Å². The van der Waals surface area contributed by atoms with E-state index in [0.29, 0.717) is 5.56 Å². The van der Waals surface area contributed by atoms with Gasteiger partial charge in [-0.2, -0.15) is 5.26 Å². The van der Waals surface area contributed by atoms with Crippen molar-refractivity contribution in [1.82, 2.24) is 0 Å². The summed E-state index contributed by atoms with van der Waals surface area (Å²) >= 11 is 3.49. The maximum absolute atomic E-state index is 9.28. The Morgan fingerprint density at radius 1 is 1.19 bits per heavy atom. The molecule has 0 aliphatic carbocycles. The molecule has 0 aliphatic heterocycles. The standard InChI is InChI=1S/C24H24BrN/c1-3-5-7-19(8-6-4-2)9-11-22-17-20(18-26)10-16-24(22)21-12-14-23(25)15-13-21/h3,5,7-8,10,12-17H,1,4,6,9,11H2,2H3/b7-5-,19-8+. The summed E-state index contributed by atoms with van der Waals surface area (Å²) in [4.78, 5) is 0. The maximum Gasteiger partial charge on any atom is 0.0991 e. The number of hydrogen-bond donors (Lipinski definition) is 0. The van der Waals surface area contributed by atoms with Crippen molar-refractivity contribution in [2.75, 3.05) is 0 Å². The highest BCUT2D eigenvalue weighted by molar-refractivity contribution is 9.10. The first-order valence-corrected chi connectivity index (χ1v) is 9.74. The molecular weight excluding hydrogens is 382 g/mol. The van der Waals surface area contributed by atoms with E-state index < -0.39 is 0 Å². The SMILES string of the molecule is C=C/C=C\C(=C/CCC)CCc1cc(C#N)ccc1-c1ccc(Br)cc1. The van der Waals surface area contributed by atoms with Crippen molar-refractivity contribution >= 4 is 15.9 Å². The molecule has 0 saturated carbocycles. The normalized spacial score (nSPS) is 11.5. The summed E-state index contributed by atoms with van der Waals surface area (Å²) < 4.78 is 1.07. The molecule has 1 nitrogen and oxygen atoms in total. The zero-order valence-electron chi connectivity index (χ0n) is 15.2. The second-order valence-corrected chi connectivity index (χ2v) is 7.07. The van der Waals surface area contributed by atoms with Crippen LogP contribution in [0.3, 0.4) is 0 Å². The largest absolute Gasteiger partial charge is 0.192 e. The molecular formula is C24H24BrN. The Morgan fingerprint density at radius 3 is 2.62 bits per heavy atom. The van der Waals surface area contributed by atoms with Gasteiger partial charge < -0.3 is 0 Å². The van der Waals surface area contributed by atoms with Gasteiger partial charge in [0.15, 0.2) is 0 Å². The highest BCUT2D eigenvalue weighted by atomic mass is 79.9. The van der Waals surface area contributed by atoms with Gasteiger partial charge in [0.1, 0.15) is 0 Å². The molecule has 132 valence electrons. The van der Waals surface area contributed by atoms with Crippen molar-refractivity contribution in [1.29, 1.82) is 5.26 Å². The third-order valence-corrected chi connectivity index (χ3v) is 4.74. The van der Waals surface area contributed by atoms with Gasteiger partial charge in [-0.25, -0.2) is 0 Å². The third kappa shape index (κ3) is 5.86. The summed E-state index contributed by atoms with van der Waals surface area (Å²) in [5, 5.41) is 9.28. The number of unbranched alkanes of at least 4 members (excludes halogenated alkanes) is 1. The topological polar surface area (TPSA) is 23.8 Å². The zero-order chi connectivity index (χ0) is 18.8. The molecule has 26 heavy (non-hydrogen) atoms. The average molecular weight is 406 g/mol. The van der Waals surface area contributed by atoms with E-state index in [-0.39, 0.29) is 0 Å². The molecule has 0 spiro atoms. The Balaban J connectivity index is 2.31. The van der Waals surface area contributed by atoms with Gasteiger partial charge >= 0.3 is 0 Å². The van der Waals surface area contributed by atoms with Gasteiger partial charge in [0.05, 0.1) is 11.6 Å². The molecule has 0 N–H and O–H groups in total. The van der Waals surface area contributed by atoms with Gasteiger partial charge in [0.25, 0.3) is 0 Å². The van der Waals surface area contributed by atoms with Crippen LogP contribution in [0.5, 0.6) is 0 Å². The van der Waals surface area contributed by atoms with Crippen LogP contribution in [0.1, 0.15) is 37.3 Å². The van der Waals surface area contributed by atoms with Crippen LogP contribution in [0.15, 0.2) is 83.4 Å². The molecule has 0 heterocycles. The smallest absolute Gasteiger partial charge is 0.0991 e. The minimum absolute atomic E-state index is 0.710. The molecule has 0 radical (unpaired) electrons. The summed E-state index contributed by atoms with van der Waals surface area (Å²) in [6.07, 6.45) is 12.3. The minimum Gasteiger partial charge on any atom is -0.192 e. The summed E-state index contributed by atoms with van der Waals surface area (Å²) in [5.74, 6) is 0. The first kappa shape index (κ1) is 19.9. The van der Waals surface area contributed by atoms with E-state index in [1.165, 1.54) is 22.3 Å². The number of allylic oxidation sites excluding steroid dienone is 5. The summed E-state index contributed by atoms with van der Waals surface area (Å²) in [6, 6.07) is 16.6. The lowest BCUT2D eigenvalue weighted by Gasteiger charge is -2.11. The van der Waals surface area contributed by atoms with E-state index in [0.717, 1.165) is 30.2 Å². The molecule has 0 atom stereocenters. The van der Waals surface area contributed by atoms with Crippen LogP contribution in [-0.2, 0) is 6.42 Å². The average Bonchev–Trinajstić information content (AvgIpc) is 2.68. The van der Waals surface area contributed by atoms with Crippen molar-refractivity contribution in [2.24, 2.45) is 0 Å². The molecule has 0 bridgehead atoms. The molecule has 2 aromatic carbocycles. The van der Waals surface area contributed by atoms with Gasteiger partial charge in [-0.3, -0.25) is 0 Å². The van der Waals surface area contributed by atoms with Crippen LogP contribution in [0.4, 0.5) is 0 Å². The first-order valence-electron chi connectivity index (χ1n) is 8.95. The lowest BCUT2D eigenvalue weighted by molar-refractivity contribution is 0.914. The van der Waals surface area contributed by atoms with Crippen molar-refractivity contribution in [3.63, 3.8) is 0 Å². The molecule has 0 fully saturated rings. The molecule has 2 heteroatoms. The molecule has 0 amide bonds. The van der Waals surface area contributed by atoms with Crippen molar-refractivity contribution < 1.29 is 0 Å². The second kappa shape index (κ2) is 10.6. The lowest BCUT2D eigenvalue weighted by Crippen LogP contribution is -1.94. The van der Waals surface area contributed by atoms with E-state index in [1.807, 2.05) is 24.3 Å². The quantitative estimate of drug-likeness (QED) is 0.419. The molecule has 0 aliphatic rings. The van der Waals surface area contributed by atoms with Crippen LogP contribution >= 0.6 is 15.9 Å². The fourth-order valence-corrected chi connectivity index (χ4v) is 3.10.